The quantitative estimate of drug-likeness (QED) is 0.295. The Kier molecular flexibility index (Phi) is 6.62. The van der Waals surface area contributed by atoms with Crippen molar-refractivity contribution in [1.29, 1.82) is 0 Å². The van der Waals surface area contributed by atoms with Gasteiger partial charge >= 0.3 is 0 Å². The van der Waals surface area contributed by atoms with E-state index in [4.69, 9.17) is 17.3 Å². The average Bonchev–Trinajstić information content (AvgIpc) is 3.56. The van der Waals surface area contributed by atoms with E-state index >= 15 is 0 Å². The lowest BCUT2D eigenvalue weighted by Gasteiger charge is -2.27. The van der Waals surface area contributed by atoms with Crippen LogP contribution in [0.3, 0.4) is 0 Å². The highest BCUT2D eigenvalue weighted by Crippen LogP contribution is 2.27. The number of likely N-dealkylation sites (tertiary alicyclic amines) is 1. The van der Waals surface area contributed by atoms with Gasteiger partial charge in [0.25, 0.3) is 11.8 Å². The molecule has 0 spiro atoms. The molecular weight excluding hydrogens is 516 g/mol. The minimum absolute atomic E-state index is 0.0931. The van der Waals surface area contributed by atoms with Crippen molar-refractivity contribution < 1.29 is 9.59 Å². The molecule has 11 heteroatoms. The summed E-state index contributed by atoms with van der Waals surface area (Å²) in [6.45, 7) is 2.17. The van der Waals surface area contributed by atoms with Crippen molar-refractivity contribution in [3.63, 3.8) is 0 Å². The lowest BCUT2D eigenvalue weighted by atomic mass is 10.0. The Hall–Kier alpha value is -4.44. The van der Waals surface area contributed by atoms with E-state index in [1.165, 1.54) is 6.33 Å². The molecule has 1 aliphatic rings. The molecule has 1 fully saturated rings. The van der Waals surface area contributed by atoms with E-state index in [-0.39, 0.29) is 18.4 Å². The Labute approximate surface area is 229 Å². The largest absolute Gasteiger partial charge is 0.382 e. The highest BCUT2D eigenvalue weighted by atomic mass is 35.5. The summed E-state index contributed by atoms with van der Waals surface area (Å²) in [6.07, 6.45) is 6.20. The van der Waals surface area contributed by atoms with E-state index in [0.717, 1.165) is 54.5 Å². The summed E-state index contributed by atoms with van der Waals surface area (Å²) in [5.41, 5.74) is 10.6. The van der Waals surface area contributed by atoms with Crippen LogP contribution in [-0.2, 0) is 13.1 Å². The number of nitrogens with zero attached hydrogens (tertiary/aromatic N) is 5. The maximum atomic E-state index is 13.2. The van der Waals surface area contributed by atoms with Crippen LogP contribution in [0.2, 0.25) is 5.02 Å². The van der Waals surface area contributed by atoms with Gasteiger partial charge in [-0.1, -0.05) is 23.7 Å². The third-order valence-corrected chi connectivity index (χ3v) is 7.30. The van der Waals surface area contributed by atoms with Crippen LogP contribution in [0.15, 0.2) is 55.1 Å². The van der Waals surface area contributed by atoms with Crippen LogP contribution < -0.4 is 11.1 Å². The summed E-state index contributed by atoms with van der Waals surface area (Å²) in [6, 6.07) is 12.7. The number of rotatable bonds is 6. The molecular formula is C28H27ClN8O2. The zero-order valence-electron chi connectivity index (χ0n) is 21.2. The Morgan fingerprint density at radius 3 is 2.64 bits per heavy atom. The summed E-state index contributed by atoms with van der Waals surface area (Å²) in [7, 11) is 0. The summed E-state index contributed by atoms with van der Waals surface area (Å²) in [5, 5.41) is 4.48. The minimum Gasteiger partial charge on any atom is -0.382 e. The van der Waals surface area contributed by atoms with Gasteiger partial charge in [0.15, 0.2) is 11.5 Å². The van der Waals surface area contributed by atoms with Crippen molar-refractivity contribution in [2.24, 2.45) is 0 Å². The second kappa shape index (κ2) is 10.4. The van der Waals surface area contributed by atoms with E-state index in [0.29, 0.717) is 39.7 Å². The van der Waals surface area contributed by atoms with Crippen LogP contribution >= 0.6 is 11.6 Å². The number of aromatic amines is 1. The van der Waals surface area contributed by atoms with Gasteiger partial charge in [0.1, 0.15) is 11.8 Å². The molecule has 0 bridgehead atoms. The fourth-order valence-corrected chi connectivity index (χ4v) is 5.41. The number of H-pyrrole nitrogens is 1. The topological polar surface area (TPSA) is 135 Å². The number of aromatic nitrogens is 5. The van der Waals surface area contributed by atoms with Crippen LogP contribution in [0.25, 0.3) is 22.1 Å². The predicted octanol–water partition coefficient (Wildman–Crippen LogP) is 4.15. The molecule has 198 valence electrons. The smallest absolute Gasteiger partial charge is 0.254 e. The third-order valence-electron chi connectivity index (χ3n) is 7.09. The number of benzene rings is 2. The molecule has 0 atom stereocenters. The Bertz CT molecular complexity index is 1700. The highest BCUT2D eigenvalue weighted by molar-refractivity contribution is 6.31. The number of hydrogen-bond donors (Lipinski definition) is 3. The highest BCUT2D eigenvalue weighted by Gasteiger charge is 2.23. The zero-order valence-corrected chi connectivity index (χ0v) is 21.9. The molecule has 1 saturated heterocycles. The number of carbonyl (C=O) groups is 2. The summed E-state index contributed by atoms with van der Waals surface area (Å²) in [4.78, 5) is 44.2. The maximum absolute atomic E-state index is 13.2. The summed E-state index contributed by atoms with van der Waals surface area (Å²) in [5.74, 6) is -0.0634. The van der Waals surface area contributed by atoms with Gasteiger partial charge in [0.05, 0.1) is 36.1 Å². The number of hydrogen-bond acceptors (Lipinski definition) is 6. The molecule has 4 N–H and O–H groups in total. The maximum Gasteiger partial charge on any atom is 0.254 e. The molecule has 0 saturated carbocycles. The number of amides is 2. The first-order valence-corrected chi connectivity index (χ1v) is 13.2. The van der Waals surface area contributed by atoms with Gasteiger partial charge in [-0.15, -0.1) is 0 Å². The molecule has 0 aliphatic carbocycles. The van der Waals surface area contributed by atoms with Crippen molar-refractivity contribution >= 4 is 51.3 Å². The number of carbonyl (C=O) groups excluding carboxylic acids is 2. The molecule has 1 aliphatic heterocycles. The normalized spacial score (nSPS) is 13.7. The minimum atomic E-state index is -0.296. The van der Waals surface area contributed by atoms with Crippen molar-refractivity contribution in [3.8, 4) is 0 Å². The van der Waals surface area contributed by atoms with Crippen LogP contribution in [-0.4, -0.2) is 54.3 Å². The summed E-state index contributed by atoms with van der Waals surface area (Å²) < 4.78 is 1.89. The number of imidazole rings is 1. The summed E-state index contributed by atoms with van der Waals surface area (Å²) >= 11 is 6.45. The monoisotopic (exact) mass is 542 g/mol. The van der Waals surface area contributed by atoms with Crippen molar-refractivity contribution in [2.45, 2.75) is 32.4 Å². The van der Waals surface area contributed by atoms with E-state index in [1.54, 1.807) is 30.6 Å². The SMILES string of the molecule is Nc1ncnc2c1ncn2Cc1cc(Cl)cc2cc(CNC(=O)c3ccccc3C(=O)N3CCCCC3)[nH]c12. The Morgan fingerprint density at radius 2 is 1.82 bits per heavy atom. The molecule has 3 aromatic heterocycles. The van der Waals surface area contributed by atoms with E-state index < -0.39 is 0 Å². The van der Waals surface area contributed by atoms with Gasteiger partial charge in [-0.25, -0.2) is 15.0 Å². The molecule has 2 aromatic carbocycles. The number of anilines is 1. The van der Waals surface area contributed by atoms with Crippen LogP contribution in [0.4, 0.5) is 5.82 Å². The van der Waals surface area contributed by atoms with Gasteiger partial charge in [-0.2, -0.15) is 0 Å². The first-order valence-electron chi connectivity index (χ1n) is 12.9. The van der Waals surface area contributed by atoms with Crippen LogP contribution in [0.5, 0.6) is 0 Å². The van der Waals surface area contributed by atoms with Crippen molar-refractivity contribution in [2.75, 3.05) is 18.8 Å². The van der Waals surface area contributed by atoms with Gasteiger partial charge in [0, 0.05) is 29.2 Å². The molecule has 2 amide bonds. The van der Waals surface area contributed by atoms with Crippen molar-refractivity contribution in [3.05, 3.63) is 82.5 Å². The van der Waals surface area contributed by atoms with Crippen molar-refractivity contribution in [1.82, 2.24) is 34.7 Å². The lowest BCUT2D eigenvalue weighted by molar-refractivity contribution is 0.0718. The fourth-order valence-electron chi connectivity index (χ4n) is 5.16. The molecule has 0 unspecified atom stereocenters. The molecule has 0 radical (unpaired) electrons. The fraction of sp³-hybridized carbons (Fsp3) is 0.250. The van der Waals surface area contributed by atoms with Gasteiger partial charge in [-0.05, 0) is 55.2 Å². The Morgan fingerprint density at radius 1 is 1.03 bits per heavy atom. The molecule has 4 heterocycles. The predicted molar refractivity (Wildman–Crippen MR) is 150 cm³/mol. The standard InChI is InChI=1S/C28H27ClN8O2/c29-19-10-17-12-20(35-23(17)18(11-19)14-37-16-34-24-25(30)32-15-33-26(24)37)13-31-27(38)21-6-2-3-7-22(21)28(39)36-8-4-1-5-9-36/h2-3,6-7,10-12,15-16,35H,1,4-5,8-9,13-14H2,(H,31,38)(H2,30,32,33). The first-order chi connectivity index (χ1) is 19.0. The van der Waals surface area contributed by atoms with Gasteiger partial charge in [0.2, 0.25) is 0 Å². The van der Waals surface area contributed by atoms with Crippen LogP contribution in [0, 0.1) is 0 Å². The molecule has 39 heavy (non-hydrogen) atoms. The average molecular weight is 543 g/mol. The Balaban J connectivity index is 1.22. The number of nitrogen functional groups attached to an aromatic ring is 1. The number of piperidine rings is 1. The molecule has 10 nitrogen and oxygen atoms in total. The third kappa shape index (κ3) is 4.90. The van der Waals surface area contributed by atoms with E-state index in [2.05, 4.69) is 25.3 Å². The van der Waals surface area contributed by atoms with Crippen LogP contribution in [0.1, 0.15) is 51.2 Å². The lowest BCUT2D eigenvalue weighted by Crippen LogP contribution is -2.37. The number of halogens is 1. The first kappa shape index (κ1) is 24.9. The molecule has 5 aromatic rings. The number of fused-ring (bicyclic) bond motifs is 2. The second-order valence-corrected chi connectivity index (χ2v) is 10.1. The molecule has 6 rings (SSSR count). The number of nitrogens with one attached hydrogen (secondary N) is 2. The zero-order chi connectivity index (χ0) is 26.9. The van der Waals surface area contributed by atoms with Gasteiger partial charge in [-0.3, -0.25) is 9.59 Å². The number of nitrogens with two attached hydrogens (primary N) is 1. The van der Waals surface area contributed by atoms with E-state index in [1.807, 2.05) is 27.7 Å². The second-order valence-electron chi connectivity index (χ2n) is 9.71. The van der Waals surface area contributed by atoms with Gasteiger partial charge < -0.3 is 25.5 Å². The van der Waals surface area contributed by atoms with E-state index in [9.17, 15) is 9.59 Å².